The third-order valence-corrected chi connectivity index (χ3v) is 1.96. The van der Waals surface area contributed by atoms with Gasteiger partial charge in [0.05, 0.1) is 0 Å². The fraction of sp³-hybridized carbons (Fsp3) is 0.444. The minimum absolute atomic E-state index is 0.216. The maximum Gasteiger partial charge on any atom is 0.336 e. The number of hydrogen-bond acceptors (Lipinski definition) is 2. The lowest BCUT2D eigenvalue weighted by molar-refractivity contribution is 0.477. The highest BCUT2D eigenvalue weighted by atomic mass is 16.4. The molecule has 0 bridgehead atoms. The molecule has 0 aliphatic heterocycles. The highest BCUT2D eigenvalue weighted by Gasteiger charge is 2.24. The summed E-state index contributed by atoms with van der Waals surface area (Å²) in [5.74, 6) is 1.36. The first kappa shape index (κ1) is 6.65. The highest BCUT2D eigenvalue weighted by molar-refractivity contribution is 5.22. The van der Waals surface area contributed by atoms with E-state index in [1.54, 1.807) is 6.07 Å². The maximum absolute atomic E-state index is 10.9. The van der Waals surface area contributed by atoms with Gasteiger partial charge in [-0.05, 0) is 37.3 Å². The molecule has 2 rings (SSSR count). The van der Waals surface area contributed by atoms with E-state index in [1.807, 2.05) is 13.0 Å². The summed E-state index contributed by atoms with van der Waals surface area (Å²) in [5, 5.41) is 0. The van der Waals surface area contributed by atoms with Crippen LogP contribution in [0.5, 0.6) is 0 Å². The van der Waals surface area contributed by atoms with Crippen molar-refractivity contribution in [2.45, 2.75) is 25.7 Å². The summed E-state index contributed by atoms with van der Waals surface area (Å²) in [4.78, 5) is 10.9. The molecule has 0 saturated heterocycles. The molecule has 2 nitrogen and oxygen atoms in total. The molecule has 1 aliphatic rings. The van der Waals surface area contributed by atoms with Crippen LogP contribution in [0, 0.1) is 6.92 Å². The number of hydrogen-bond donors (Lipinski definition) is 0. The summed E-state index contributed by atoms with van der Waals surface area (Å²) in [7, 11) is 0. The van der Waals surface area contributed by atoms with Crippen molar-refractivity contribution in [2.24, 2.45) is 0 Å². The Hall–Kier alpha value is -1.05. The standard InChI is InChI=1S/C9H10O2/c1-6-4-8(7-2-3-7)5-9(10)11-6/h4-5,7H,2-3H2,1H3. The van der Waals surface area contributed by atoms with Gasteiger partial charge in [-0.3, -0.25) is 0 Å². The van der Waals surface area contributed by atoms with Gasteiger partial charge in [0.1, 0.15) is 5.76 Å². The molecule has 0 spiro atoms. The normalized spacial score (nSPS) is 16.8. The summed E-state index contributed by atoms with van der Waals surface area (Å²) < 4.78 is 4.84. The molecule has 1 fully saturated rings. The van der Waals surface area contributed by atoms with Crippen molar-refractivity contribution in [3.05, 3.63) is 33.9 Å². The van der Waals surface area contributed by atoms with E-state index in [1.165, 1.54) is 12.8 Å². The van der Waals surface area contributed by atoms with Gasteiger partial charge in [0, 0.05) is 6.07 Å². The molecule has 1 aliphatic carbocycles. The minimum Gasteiger partial charge on any atom is -0.428 e. The van der Waals surface area contributed by atoms with E-state index in [0.29, 0.717) is 5.92 Å². The predicted octanol–water partition coefficient (Wildman–Crippen LogP) is 1.83. The van der Waals surface area contributed by atoms with E-state index < -0.39 is 0 Å². The molecule has 1 heterocycles. The van der Waals surface area contributed by atoms with Crippen molar-refractivity contribution in [3.8, 4) is 0 Å². The van der Waals surface area contributed by atoms with E-state index in [0.717, 1.165) is 11.3 Å². The predicted molar refractivity (Wildman–Crippen MR) is 41.7 cm³/mol. The summed E-state index contributed by atoms with van der Waals surface area (Å²) >= 11 is 0. The van der Waals surface area contributed by atoms with Crippen molar-refractivity contribution in [3.63, 3.8) is 0 Å². The zero-order chi connectivity index (χ0) is 7.84. The van der Waals surface area contributed by atoms with E-state index >= 15 is 0 Å². The minimum atomic E-state index is -0.216. The number of aryl methyl sites for hydroxylation is 1. The molecular formula is C9H10O2. The van der Waals surface area contributed by atoms with Crippen molar-refractivity contribution < 1.29 is 4.42 Å². The average Bonchev–Trinajstić information content (AvgIpc) is 2.64. The van der Waals surface area contributed by atoms with Crippen LogP contribution in [-0.2, 0) is 0 Å². The van der Waals surface area contributed by atoms with Crippen LogP contribution in [0.4, 0.5) is 0 Å². The molecule has 1 aromatic rings. The Morgan fingerprint density at radius 2 is 2.18 bits per heavy atom. The van der Waals surface area contributed by atoms with Crippen LogP contribution in [0.2, 0.25) is 0 Å². The summed E-state index contributed by atoms with van der Waals surface area (Å²) in [6.45, 7) is 1.81. The monoisotopic (exact) mass is 150 g/mol. The molecule has 1 aromatic heterocycles. The fourth-order valence-corrected chi connectivity index (χ4v) is 1.28. The second-order valence-corrected chi connectivity index (χ2v) is 3.09. The molecule has 2 heteroatoms. The molecule has 11 heavy (non-hydrogen) atoms. The third-order valence-electron chi connectivity index (χ3n) is 1.96. The Balaban J connectivity index is 2.47. The molecule has 58 valence electrons. The topological polar surface area (TPSA) is 30.2 Å². The van der Waals surface area contributed by atoms with Crippen molar-refractivity contribution in [1.82, 2.24) is 0 Å². The lowest BCUT2D eigenvalue weighted by atomic mass is 10.2. The molecule has 0 atom stereocenters. The summed E-state index contributed by atoms with van der Waals surface area (Å²) in [6.07, 6.45) is 2.45. The number of rotatable bonds is 1. The van der Waals surface area contributed by atoms with E-state index in [9.17, 15) is 4.79 Å². The van der Waals surface area contributed by atoms with Gasteiger partial charge in [0.15, 0.2) is 0 Å². The van der Waals surface area contributed by atoms with E-state index in [2.05, 4.69) is 0 Å². The van der Waals surface area contributed by atoms with Crippen LogP contribution >= 0.6 is 0 Å². The second kappa shape index (κ2) is 2.22. The van der Waals surface area contributed by atoms with Gasteiger partial charge in [0.2, 0.25) is 0 Å². The van der Waals surface area contributed by atoms with Crippen molar-refractivity contribution >= 4 is 0 Å². The van der Waals surface area contributed by atoms with Crippen LogP contribution in [0.25, 0.3) is 0 Å². The van der Waals surface area contributed by atoms with Gasteiger partial charge >= 0.3 is 5.63 Å². The smallest absolute Gasteiger partial charge is 0.336 e. The van der Waals surface area contributed by atoms with Gasteiger partial charge in [-0.2, -0.15) is 0 Å². The van der Waals surface area contributed by atoms with Gasteiger partial charge < -0.3 is 4.42 Å². The molecule has 0 amide bonds. The van der Waals surface area contributed by atoms with Gasteiger partial charge in [-0.1, -0.05) is 0 Å². The Morgan fingerprint density at radius 1 is 1.45 bits per heavy atom. The van der Waals surface area contributed by atoms with Crippen LogP contribution in [0.1, 0.15) is 30.1 Å². The fourth-order valence-electron chi connectivity index (χ4n) is 1.28. The Bertz CT molecular complexity index is 321. The second-order valence-electron chi connectivity index (χ2n) is 3.09. The van der Waals surface area contributed by atoms with Gasteiger partial charge in [-0.15, -0.1) is 0 Å². The first-order chi connectivity index (χ1) is 5.25. The first-order valence-electron chi connectivity index (χ1n) is 3.87. The molecule has 0 unspecified atom stereocenters. The molecule has 0 N–H and O–H groups in total. The van der Waals surface area contributed by atoms with Crippen LogP contribution in [0.3, 0.4) is 0 Å². The Labute approximate surface area is 64.9 Å². The quantitative estimate of drug-likeness (QED) is 0.611. The largest absolute Gasteiger partial charge is 0.428 e. The first-order valence-corrected chi connectivity index (χ1v) is 3.87. The average molecular weight is 150 g/mol. The zero-order valence-electron chi connectivity index (χ0n) is 6.46. The highest BCUT2D eigenvalue weighted by Crippen LogP contribution is 2.39. The van der Waals surface area contributed by atoms with Crippen LogP contribution < -0.4 is 5.63 Å². The van der Waals surface area contributed by atoms with Crippen LogP contribution in [-0.4, -0.2) is 0 Å². The SMILES string of the molecule is Cc1cc(C2CC2)cc(=O)o1. The van der Waals surface area contributed by atoms with Crippen molar-refractivity contribution in [2.75, 3.05) is 0 Å². The van der Waals surface area contributed by atoms with Gasteiger partial charge in [-0.25, -0.2) is 4.79 Å². The third kappa shape index (κ3) is 1.34. The molecule has 0 aromatic carbocycles. The molecular weight excluding hydrogens is 140 g/mol. The van der Waals surface area contributed by atoms with E-state index in [-0.39, 0.29) is 5.63 Å². The summed E-state index contributed by atoms with van der Waals surface area (Å²) in [5.41, 5.74) is 0.936. The maximum atomic E-state index is 10.9. The lowest BCUT2D eigenvalue weighted by Crippen LogP contribution is -1.99. The van der Waals surface area contributed by atoms with Crippen molar-refractivity contribution in [1.29, 1.82) is 0 Å². The Morgan fingerprint density at radius 3 is 2.73 bits per heavy atom. The van der Waals surface area contributed by atoms with Gasteiger partial charge in [0.25, 0.3) is 0 Å². The Kier molecular flexibility index (Phi) is 1.34. The summed E-state index contributed by atoms with van der Waals surface area (Å²) in [6, 6.07) is 3.56. The zero-order valence-corrected chi connectivity index (χ0v) is 6.46. The molecule has 0 radical (unpaired) electrons. The lowest BCUT2D eigenvalue weighted by Gasteiger charge is -1.95. The van der Waals surface area contributed by atoms with E-state index in [4.69, 9.17) is 4.42 Å². The van der Waals surface area contributed by atoms with Crippen LogP contribution in [0.15, 0.2) is 21.3 Å². The molecule has 1 saturated carbocycles.